The van der Waals surface area contributed by atoms with Crippen LogP contribution in [0.5, 0.6) is 5.75 Å². The fourth-order valence-corrected chi connectivity index (χ4v) is 2.89. The first kappa shape index (κ1) is 17.7. The van der Waals surface area contributed by atoms with E-state index in [9.17, 15) is 14.0 Å². The van der Waals surface area contributed by atoms with Gasteiger partial charge in [-0.3, -0.25) is 14.9 Å². The van der Waals surface area contributed by atoms with Gasteiger partial charge >= 0.3 is 0 Å². The second kappa shape index (κ2) is 7.10. The van der Waals surface area contributed by atoms with Crippen LogP contribution in [0.2, 0.25) is 0 Å². The number of carbonyl (C=O) groups is 2. The summed E-state index contributed by atoms with van der Waals surface area (Å²) >= 11 is 0. The van der Waals surface area contributed by atoms with Crippen molar-refractivity contribution in [1.29, 1.82) is 0 Å². The van der Waals surface area contributed by atoms with E-state index in [1.807, 2.05) is 12.1 Å². The zero-order chi connectivity index (χ0) is 19.7. The first-order chi connectivity index (χ1) is 13.5. The van der Waals surface area contributed by atoms with Crippen LogP contribution in [0, 0.1) is 5.82 Å². The smallest absolute Gasteiger partial charge is 0.252 e. The number of methoxy groups -OCH3 is 1. The molecule has 0 spiro atoms. The lowest BCUT2D eigenvalue weighted by Crippen LogP contribution is -2.23. The van der Waals surface area contributed by atoms with Gasteiger partial charge in [0.2, 0.25) is 11.9 Å². The zero-order valence-electron chi connectivity index (χ0n) is 14.8. The Morgan fingerprint density at radius 2 is 1.93 bits per heavy atom. The molecule has 28 heavy (non-hydrogen) atoms. The van der Waals surface area contributed by atoms with Gasteiger partial charge in [0.15, 0.2) is 5.82 Å². The van der Waals surface area contributed by atoms with Crippen LogP contribution in [0.25, 0.3) is 11.4 Å². The van der Waals surface area contributed by atoms with Crippen LogP contribution in [0.4, 0.5) is 16.0 Å². The highest BCUT2D eigenvalue weighted by atomic mass is 19.1. The molecule has 0 radical (unpaired) electrons. The molecule has 1 aliphatic heterocycles. The summed E-state index contributed by atoms with van der Waals surface area (Å²) in [7, 11) is 1.58. The normalized spacial score (nSPS) is 15.1. The van der Waals surface area contributed by atoms with Crippen LogP contribution in [0.1, 0.15) is 12.5 Å². The number of carbonyl (C=O) groups excluding carboxylic acids is 2. The molecular weight excluding hydrogens is 365 g/mol. The van der Waals surface area contributed by atoms with Gasteiger partial charge in [0, 0.05) is 11.3 Å². The highest BCUT2D eigenvalue weighted by molar-refractivity contribution is 6.01. The second-order valence-corrected chi connectivity index (χ2v) is 6.20. The van der Waals surface area contributed by atoms with Crippen molar-refractivity contribution in [2.24, 2.45) is 0 Å². The maximum absolute atomic E-state index is 13.0. The lowest BCUT2D eigenvalue weighted by atomic mass is 10.2. The average molecular weight is 381 g/mol. The van der Waals surface area contributed by atoms with E-state index in [4.69, 9.17) is 4.74 Å². The molecule has 2 heterocycles. The number of nitrogens with zero attached hydrogens (tertiary/aromatic N) is 3. The number of rotatable bonds is 5. The SMILES string of the molecule is COc1ccc(-c2nc3n(n2)C(CC(=O)Nc2ccc(F)cc2)C(=O)N3)cc1. The molecule has 4 rings (SSSR count). The molecular formula is C19H16FN5O3. The van der Waals surface area contributed by atoms with Crippen LogP contribution in [0.15, 0.2) is 48.5 Å². The summed E-state index contributed by atoms with van der Waals surface area (Å²) in [5.74, 6) is 0.286. The van der Waals surface area contributed by atoms with Crippen LogP contribution in [-0.2, 0) is 9.59 Å². The number of benzene rings is 2. The number of ether oxygens (including phenoxy) is 1. The zero-order valence-corrected chi connectivity index (χ0v) is 14.8. The Labute approximate surface area is 159 Å². The van der Waals surface area contributed by atoms with E-state index in [1.54, 1.807) is 19.2 Å². The second-order valence-electron chi connectivity index (χ2n) is 6.20. The molecule has 0 saturated carbocycles. The van der Waals surface area contributed by atoms with Gasteiger partial charge in [-0.2, -0.15) is 4.98 Å². The molecule has 0 fully saturated rings. The lowest BCUT2D eigenvalue weighted by Gasteiger charge is -2.10. The first-order valence-corrected chi connectivity index (χ1v) is 8.51. The number of halogens is 1. The molecule has 1 aromatic heterocycles. The number of hydrogen-bond acceptors (Lipinski definition) is 5. The van der Waals surface area contributed by atoms with E-state index in [2.05, 4.69) is 20.7 Å². The van der Waals surface area contributed by atoms with Crippen LogP contribution < -0.4 is 15.4 Å². The van der Waals surface area contributed by atoms with Crippen molar-refractivity contribution in [3.05, 3.63) is 54.3 Å². The highest BCUT2D eigenvalue weighted by Gasteiger charge is 2.35. The fraction of sp³-hybridized carbons (Fsp3) is 0.158. The molecule has 2 N–H and O–H groups in total. The standard InChI is InChI=1S/C19H16FN5O3/c1-28-14-8-2-11(3-9-14)17-22-19-23-18(27)15(25(19)24-17)10-16(26)21-13-6-4-12(20)5-7-13/h2-9,15H,10H2,1H3,(H,21,26)(H,22,23,24,27). The highest BCUT2D eigenvalue weighted by Crippen LogP contribution is 2.29. The topological polar surface area (TPSA) is 98.1 Å². The van der Waals surface area contributed by atoms with Gasteiger partial charge in [-0.15, -0.1) is 5.10 Å². The Bertz CT molecular complexity index is 1030. The van der Waals surface area contributed by atoms with Gasteiger partial charge in [-0.1, -0.05) is 0 Å². The fourth-order valence-electron chi connectivity index (χ4n) is 2.89. The summed E-state index contributed by atoms with van der Waals surface area (Å²) in [6.07, 6.45) is -0.123. The maximum atomic E-state index is 13.0. The van der Waals surface area contributed by atoms with Crippen LogP contribution in [-0.4, -0.2) is 33.7 Å². The van der Waals surface area contributed by atoms with Gasteiger partial charge in [0.1, 0.15) is 17.6 Å². The van der Waals surface area contributed by atoms with E-state index in [0.29, 0.717) is 17.3 Å². The molecule has 1 aliphatic rings. The largest absolute Gasteiger partial charge is 0.497 e. The third kappa shape index (κ3) is 3.41. The van der Waals surface area contributed by atoms with E-state index < -0.39 is 11.9 Å². The molecule has 2 aromatic carbocycles. The Balaban J connectivity index is 1.50. The van der Waals surface area contributed by atoms with Crippen molar-refractivity contribution in [3.8, 4) is 17.1 Å². The average Bonchev–Trinajstić information content (AvgIpc) is 3.22. The van der Waals surface area contributed by atoms with Gasteiger partial charge < -0.3 is 10.1 Å². The van der Waals surface area contributed by atoms with Crippen molar-refractivity contribution in [3.63, 3.8) is 0 Å². The molecule has 2 amide bonds. The number of fused-ring (bicyclic) bond motifs is 1. The quantitative estimate of drug-likeness (QED) is 0.708. The number of aromatic nitrogens is 3. The molecule has 0 bridgehead atoms. The number of nitrogens with one attached hydrogen (secondary N) is 2. The minimum atomic E-state index is -0.810. The number of anilines is 2. The third-order valence-corrected chi connectivity index (χ3v) is 4.32. The molecule has 1 unspecified atom stereocenters. The minimum Gasteiger partial charge on any atom is -0.497 e. The predicted molar refractivity (Wildman–Crippen MR) is 99.3 cm³/mol. The molecule has 142 valence electrons. The lowest BCUT2D eigenvalue weighted by molar-refractivity contribution is -0.123. The monoisotopic (exact) mass is 381 g/mol. The van der Waals surface area contributed by atoms with Gasteiger partial charge in [-0.25, -0.2) is 9.07 Å². The Morgan fingerprint density at radius 1 is 1.21 bits per heavy atom. The molecule has 0 aliphatic carbocycles. The summed E-state index contributed by atoms with van der Waals surface area (Å²) < 4.78 is 19.5. The summed E-state index contributed by atoms with van der Waals surface area (Å²) in [6, 6.07) is 11.8. The summed E-state index contributed by atoms with van der Waals surface area (Å²) in [5, 5.41) is 9.64. The molecule has 8 nitrogen and oxygen atoms in total. The Kier molecular flexibility index (Phi) is 4.48. The van der Waals surface area contributed by atoms with Gasteiger partial charge in [-0.05, 0) is 48.5 Å². The van der Waals surface area contributed by atoms with Crippen molar-refractivity contribution in [2.45, 2.75) is 12.5 Å². The van der Waals surface area contributed by atoms with E-state index in [1.165, 1.54) is 28.9 Å². The first-order valence-electron chi connectivity index (χ1n) is 8.51. The van der Waals surface area contributed by atoms with E-state index >= 15 is 0 Å². The molecule has 9 heteroatoms. The van der Waals surface area contributed by atoms with Crippen LogP contribution >= 0.6 is 0 Å². The molecule has 3 aromatic rings. The molecule has 1 atom stereocenters. The van der Waals surface area contributed by atoms with Crippen LogP contribution in [0.3, 0.4) is 0 Å². The molecule has 0 saturated heterocycles. The summed E-state index contributed by atoms with van der Waals surface area (Å²) in [5.41, 5.74) is 1.20. The van der Waals surface area contributed by atoms with E-state index in [0.717, 1.165) is 5.56 Å². The Morgan fingerprint density at radius 3 is 2.61 bits per heavy atom. The Hall–Kier alpha value is -3.75. The number of amides is 2. The van der Waals surface area contributed by atoms with E-state index in [-0.39, 0.29) is 24.2 Å². The number of hydrogen-bond donors (Lipinski definition) is 2. The van der Waals surface area contributed by atoms with Crippen molar-refractivity contribution in [1.82, 2.24) is 14.8 Å². The third-order valence-electron chi connectivity index (χ3n) is 4.32. The van der Waals surface area contributed by atoms with Gasteiger partial charge in [0.25, 0.3) is 5.91 Å². The maximum Gasteiger partial charge on any atom is 0.252 e. The summed E-state index contributed by atoms with van der Waals surface area (Å²) in [6.45, 7) is 0. The van der Waals surface area contributed by atoms with Crippen molar-refractivity contribution in [2.75, 3.05) is 17.7 Å². The van der Waals surface area contributed by atoms with Gasteiger partial charge in [0.05, 0.1) is 13.5 Å². The van der Waals surface area contributed by atoms with Crippen molar-refractivity contribution >= 4 is 23.5 Å². The minimum absolute atomic E-state index is 0.123. The predicted octanol–water partition coefficient (Wildman–Crippen LogP) is 2.61. The van der Waals surface area contributed by atoms with Crippen molar-refractivity contribution < 1.29 is 18.7 Å². The summed E-state index contributed by atoms with van der Waals surface area (Å²) in [4.78, 5) is 28.8.